The third-order valence-electron chi connectivity index (χ3n) is 5.49. The number of fused-ring (bicyclic) bond motifs is 1. The van der Waals surface area contributed by atoms with Gasteiger partial charge in [0.2, 0.25) is 0 Å². The second-order valence-corrected chi connectivity index (χ2v) is 7.01. The van der Waals surface area contributed by atoms with Crippen molar-refractivity contribution >= 4 is 5.91 Å². The molecule has 0 heterocycles. The third kappa shape index (κ3) is 3.45. The fraction of sp³-hybridized carbons (Fsp3) is 0.632. The number of nitrogens with one attached hydrogen (secondary N) is 1. The summed E-state index contributed by atoms with van der Waals surface area (Å²) < 4.78 is 5.68. The molecule has 1 N–H and O–H groups in total. The molecule has 3 heteroatoms. The van der Waals surface area contributed by atoms with Gasteiger partial charge < -0.3 is 10.1 Å². The maximum absolute atomic E-state index is 12.1. The van der Waals surface area contributed by atoms with Crippen LogP contribution >= 0.6 is 0 Å². The number of amides is 1. The minimum absolute atomic E-state index is 0.00597. The number of carbonyl (C=O) groups excluding carboxylic acids is 1. The van der Waals surface area contributed by atoms with E-state index in [-0.39, 0.29) is 12.5 Å². The Morgan fingerprint density at radius 3 is 2.86 bits per heavy atom. The highest BCUT2D eigenvalue weighted by Crippen LogP contribution is 2.29. The zero-order valence-corrected chi connectivity index (χ0v) is 13.7. The molecule has 1 amide bonds. The van der Waals surface area contributed by atoms with Gasteiger partial charge in [0.15, 0.2) is 6.61 Å². The van der Waals surface area contributed by atoms with Gasteiger partial charge in [0.05, 0.1) is 0 Å². The van der Waals surface area contributed by atoms with Gasteiger partial charge in [-0.2, -0.15) is 0 Å². The van der Waals surface area contributed by atoms with Crippen LogP contribution in [0.2, 0.25) is 0 Å². The number of carbonyl (C=O) groups is 1. The van der Waals surface area contributed by atoms with Crippen LogP contribution in [0.5, 0.6) is 5.75 Å². The molecule has 0 aliphatic heterocycles. The summed E-state index contributed by atoms with van der Waals surface area (Å²) in [6.45, 7) is 4.65. The lowest BCUT2D eigenvalue weighted by Gasteiger charge is -2.34. The van der Waals surface area contributed by atoms with Crippen LogP contribution < -0.4 is 10.1 Å². The van der Waals surface area contributed by atoms with Crippen molar-refractivity contribution in [3.8, 4) is 5.75 Å². The average molecular weight is 301 g/mol. The minimum Gasteiger partial charge on any atom is -0.484 e. The molecule has 0 aromatic heterocycles. The highest BCUT2D eigenvalue weighted by atomic mass is 16.5. The Bertz CT molecular complexity index is 540. The van der Waals surface area contributed by atoms with Crippen molar-refractivity contribution in [2.24, 2.45) is 11.8 Å². The second kappa shape index (κ2) is 6.72. The van der Waals surface area contributed by atoms with Crippen molar-refractivity contribution in [2.45, 2.75) is 58.4 Å². The predicted octanol–water partition coefficient (Wildman–Crippen LogP) is 3.50. The van der Waals surface area contributed by atoms with Crippen LogP contribution in [0, 0.1) is 11.8 Å². The van der Waals surface area contributed by atoms with E-state index in [2.05, 4.69) is 31.3 Å². The van der Waals surface area contributed by atoms with Gasteiger partial charge >= 0.3 is 0 Å². The van der Waals surface area contributed by atoms with Crippen molar-refractivity contribution in [1.82, 2.24) is 5.32 Å². The number of aryl methyl sites for hydroxylation is 2. The number of rotatable bonds is 4. The van der Waals surface area contributed by atoms with E-state index in [1.54, 1.807) is 0 Å². The van der Waals surface area contributed by atoms with E-state index < -0.39 is 0 Å². The zero-order valence-electron chi connectivity index (χ0n) is 13.7. The van der Waals surface area contributed by atoms with Gasteiger partial charge in [-0.1, -0.05) is 32.8 Å². The van der Waals surface area contributed by atoms with Crippen LogP contribution in [0.25, 0.3) is 0 Å². The van der Waals surface area contributed by atoms with Crippen LogP contribution in [-0.2, 0) is 17.6 Å². The van der Waals surface area contributed by atoms with Gasteiger partial charge in [-0.15, -0.1) is 0 Å². The highest BCUT2D eigenvalue weighted by Gasteiger charge is 2.28. The molecule has 120 valence electrons. The predicted molar refractivity (Wildman–Crippen MR) is 88.1 cm³/mol. The van der Waals surface area contributed by atoms with Crippen LogP contribution in [0.3, 0.4) is 0 Å². The van der Waals surface area contributed by atoms with Crippen LogP contribution in [-0.4, -0.2) is 18.6 Å². The summed E-state index contributed by atoms with van der Waals surface area (Å²) >= 11 is 0. The molecule has 0 bridgehead atoms. The van der Waals surface area contributed by atoms with E-state index >= 15 is 0 Å². The molecule has 1 fully saturated rings. The summed E-state index contributed by atoms with van der Waals surface area (Å²) in [4.78, 5) is 12.1. The molecule has 3 rings (SSSR count). The topological polar surface area (TPSA) is 38.3 Å². The number of hydrogen-bond acceptors (Lipinski definition) is 2. The van der Waals surface area contributed by atoms with E-state index in [0.717, 1.165) is 18.6 Å². The second-order valence-electron chi connectivity index (χ2n) is 7.01. The standard InChI is InChI=1S/C19H27NO2/c1-13-5-3-8-18(14(13)2)20-19(21)12-22-17-10-9-15-6-4-7-16(15)11-17/h9-11,13-14,18H,3-8,12H2,1-2H3,(H,20,21)/t13-,14+,18+/m0/s1. The molecule has 2 aliphatic rings. The van der Waals surface area contributed by atoms with Crippen molar-refractivity contribution < 1.29 is 9.53 Å². The Labute approximate surface area is 133 Å². The summed E-state index contributed by atoms with van der Waals surface area (Å²) in [6.07, 6.45) is 7.12. The molecule has 3 nitrogen and oxygen atoms in total. The first kappa shape index (κ1) is 15.4. The fourth-order valence-electron chi connectivity index (χ4n) is 3.82. The Balaban J connectivity index is 1.50. The maximum atomic E-state index is 12.1. The first-order chi connectivity index (χ1) is 10.6. The van der Waals surface area contributed by atoms with Gasteiger partial charge in [-0.25, -0.2) is 0 Å². The van der Waals surface area contributed by atoms with E-state index in [4.69, 9.17) is 4.74 Å². The molecule has 0 unspecified atom stereocenters. The fourth-order valence-corrected chi connectivity index (χ4v) is 3.82. The molecule has 0 saturated heterocycles. The third-order valence-corrected chi connectivity index (χ3v) is 5.49. The number of hydrogen-bond donors (Lipinski definition) is 1. The number of ether oxygens (including phenoxy) is 1. The molecule has 0 spiro atoms. The maximum Gasteiger partial charge on any atom is 0.258 e. The van der Waals surface area contributed by atoms with Crippen molar-refractivity contribution in [2.75, 3.05) is 6.61 Å². The first-order valence-corrected chi connectivity index (χ1v) is 8.67. The lowest BCUT2D eigenvalue weighted by molar-refractivity contribution is -0.124. The minimum atomic E-state index is 0.00597. The lowest BCUT2D eigenvalue weighted by Crippen LogP contribution is -2.45. The quantitative estimate of drug-likeness (QED) is 0.924. The van der Waals surface area contributed by atoms with Crippen molar-refractivity contribution in [1.29, 1.82) is 0 Å². The van der Waals surface area contributed by atoms with E-state index in [9.17, 15) is 4.79 Å². The molecule has 0 radical (unpaired) electrons. The average Bonchev–Trinajstić information content (AvgIpc) is 2.97. The summed E-state index contributed by atoms with van der Waals surface area (Å²) in [5.74, 6) is 2.07. The Hall–Kier alpha value is -1.51. The molecular weight excluding hydrogens is 274 g/mol. The summed E-state index contributed by atoms with van der Waals surface area (Å²) in [5, 5.41) is 3.16. The van der Waals surface area contributed by atoms with Gasteiger partial charge in [-0.3, -0.25) is 4.79 Å². The molecule has 3 atom stereocenters. The molecule has 1 aromatic rings. The molecule has 1 aromatic carbocycles. The van der Waals surface area contributed by atoms with E-state index in [0.29, 0.717) is 17.9 Å². The first-order valence-electron chi connectivity index (χ1n) is 8.67. The molecule has 1 saturated carbocycles. The Kier molecular flexibility index (Phi) is 4.70. The van der Waals surface area contributed by atoms with E-state index in [1.807, 2.05) is 6.07 Å². The van der Waals surface area contributed by atoms with Gasteiger partial charge in [0.25, 0.3) is 5.91 Å². The molecular formula is C19H27NO2. The van der Waals surface area contributed by atoms with Crippen LogP contribution in [0.4, 0.5) is 0 Å². The molecule has 2 aliphatic carbocycles. The zero-order chi connectivity index (χ0) is 15.5. The Morgan fingerprint density at radius 2 is 2.00 bits per heavy atom. The number of benzene rings is 1. The van der Waals surface area contributed by atoms with Gasteiger partial charge in [-0.05, 0) is 60.8 Å². The Morgan fingerprint density at radius 1 is 1.18 bits per heavy atom. The smallest absolute Gasteiger partial charge is 0.258 e. The molecule has 22 heavy (non-hydrogen) atoms. The summed E-state index contributed by atoms with van der Waals surface area (Å²) in [5.41, 5.74) is 2.81. The van der Waals surface area contributed by atoms with Gasteiger partial charge in [0.1, 0.15) is 5.75 Å². The summed E-state index contributed by atoms with van der Waals surface area (Å²) in [7, 11) is 0. The normalized spacial score (nSPS) is 27.3. The van der Waals surface area contributed by atoms with Gasteiger partial charge in [0, 0.05) is 6.04 Å². The monoisotopic (exact) mass is 301 g/mol. The highest BCUT2D eigenvalue weighted by molar-refractivity contribution is 5.77. The van der Waals surface area contributed by atoms with Crippen LogP contribution in [0.1, 0.15) is 50.7 Å². The largest absolute Gasteiger partial charge is 0.484 e. The SMILES string of the molecule is C[C@@H]1[C@@H](C)CCC[C@H]1NC(=O)COc1ccc2c(c1)CCC2. The lowest BCUT2D eigenvalue weighted by atomic mass is 9.78. The van der Waals surface area contributed by atoms with Crippen LogP contribution in [0.15, 0.2) is 18.2 Å². The van der Waals surface area contributed by atoms with Crippen molar-refractivity contribution in [3.63, 3.8) is 0 Å². The summed E-state index contributed by atoms with van der Waals surface area (Å²) in [6, 6.07) is 6.53. The van der Waals surface area contributed by atoms with Crippen molar-refractivity contribution in [3.05, 3.63) is 29.3 Å². The van der Waals surface area contributed by atoms with E-state index in [1.165, 1.54) is 36.8 Å².